The molecule has 1 aliphatic heterocycles. The molecule has 0 radical (unpaired) electrons. The molecular weight excluding hydrogens is 315 g/mol. The van der Waals surface area contributed by atoms with E-state index in [-0.39, 0.29) is 6.61 Å². The van der Waals surface area contributed by atoms with Crippen molar-refractivity contribution in [1.29, 1.82) is 0 Å². The van der Waals surface area contributed by atoms with Gasteiger partial charge in [-0.2, -0.15) is 0 Å². The lowest BCUT2D eigenvalue weighted by atomic mass is 10.1. The van der Waals surface area contributed by atoms with Gasteiger partial charge in [0.15, 0.2) is 0 Å². The van der Waals surface area contributed by atoms with E-state index in [1.165, 1.54) is 0 Å². The molecule has 0 aliphatic carbocycles. The summed E-state index contributed by atoms with van der Waals surface area (Å²) in [6.45, 7) is 2.94. The van der Waals surface area contributed by atoms with Gasteiger partial charge in [0.05, 0.1) is 25.5 Å². The second-order valence-corrected chi connectivity index (χ2v) is 7.25. The van der Waals surface area contributed by atoms with Crippen LogP contribution in [-0.2, 0) is 18.6 Å². The molecule has 1 fully saturated rings. The van der Waals surface area contributed by atoms with Crippen LogP contribution in [0.15, 0.2) is 0 Å². The van der Waals surface area contributed by atoms with Crippen LogP contribution in [0.1, 0.15) is 26.2 Å². The maximum atomic E-state index is 11.9. The first-order valence-corrected chi connectivity index (χ1v) is 9.34. The van der Waals surface area contributed by atoms with E-state index in [0.717, 1.165) is 12.8 Å². The maximum Gasteiger partial charge on any atom is 0.330 e. The molecule has 8 nitrogen and oxygen atoms in total. The zero-order valence-corrected chi connectivity index (χ0v) is 13.7. The Morgan fingerprint density at radius 3 is 2.32 bits per heavy atom. The summed E-state index contributed by atoms with van der Waals surface area (Å²) in [6, 6.07) is 0. The number of aliphatic hydroxyl groups excluding tert-OH is 3. The third kappa shape index (κ3) is 6.60. The first-order chi connectivity index (χ1) is 10.4. The van der Waals surface area contributed by atoms with Crippen molar-refractivity contribution >= 4 is 7.60 Å². The summed E-state index contributed by atoms with van der Waals surface area (Å²) in [5.74, 6) is 0. The lowest BCUT2D eigenvalue weighted by molar-refractivity contribution is -0.0175. The van der Waals surface area contributed by atoms with Gasteiger partial charge >= 0.3 is 7.60 Å². The van der Waals surface area contributed by atoms with Crippen molar-refractivity contribution in [2.24, 2.45) is 0 Å². The van der Waals surface area contributed by atoms with E-state index in [1.807, 2.05) is 6.92 Å². The lowest BCUT2D eigenvalue weighted by Crippen LogP contribution is -2.34. The van der Waals surface area contributed by atoms with Gasteiger partial charge in [-0.15, -0.1) is 0 Å². The van der Waals surface area contributed by atoms with Gasteiger partial charge in [-0.1, -0.05) is 6.92 Å². The zero-order valence-electron chi connectivity index (χ0n) is 12.8. The van der Waals surface area contributed by atoms with E-state index < -0.39 is 44.8 Å². The molecule has 1 saturated heterocycles. The zero-order chi connectivity index (χ0) is 16.6. The number of rotatable bonds is 11. The summed E-state index contributed by atoms with van der Waals surface area (Å²) in [5, 5.41) is 28.3. The summed E-state index contributed by atoms with van der Waals surface area (Å²) in [6.07, 6.45) is -2.72. The fraction of sp³-hybridized carbons (Fsp3) is 1.00. The van der Waals surface area contributed by atoms with Crippen LogP contribution < -0.4 is 0 Å². The number of hydrogen-bond acceptors (Lipinski definition) is 7. The molecule has 22 heavy (non-hydrogen) atoms. The molecule has 1 heterocycles. The predicted molar refractivity (Wildman–Crippen MR) is 78.7 cm³/mol. The van der Waals surface area contributed by atoms with Crippen LogP contribution in [0.4, 0.5) is 0 Å². The summed E-state index contributed by atoms with van der Waals surface area (Å²) in [7, 11) is -3.92. The quantitative estimate of drug-likeness (QED) is 0.302. The van der Waals surface area contributed by atoms with E-state index in [9.17, 15) is 19.7 Å². The van der Waals surface area contributed by atoms with Crippen molar-refractivity contribution in [3.63, 3.8) is 0 Å². The normalized spacial score (nSPS) is 31.3. The molecule has 0 saturated carbocycles. The first kappa shape index (κ1) is 20.0. The second kappa shape index (κ2) is 9.95. The fourth-order valence-electron chi connectivity index (χ4n) is 2.17. The third-order valence-corrected chi connectivity index (χ3v) is 4.78. The van der Waals surface area contributed by atoms with Crippen LogP contribution in [0.3, 0.4) is 0 Å². The number of unbranched alkanes of at least 4 members (excludes halogenated alkanes) is 1. The number of aliphatic hydroxyl groups is 3. The van der Waals surface area contributed by atoms with Crippen molar-refractivity contribution in [1.82, 2.24) is 0 Å². The molecule has 5 unspecified atom stereocenters. The SMILES string of the molecule is CCCOCCCCOP(=O)(O)CC1OC(CO)C(O)C1O. The lowest BCUT2D eigenvalue weighted by Gasteiger charge is -2.18. The van der Waals surface area contributed by atoms with Crippen molar-refractivity contribution < 1.29 is 38.8 Å². The molecule has 1 rings (SSSR count). The number of ether oxygens (including phenoxy) is 2. The van der Waals surface area contributed by atoms with Crippen LogP contribution in [0.2, 0.25) is 0 Å². The molecular formula is C13H27O8P. The molecule has 0 spiro atoms. The van der Waals surface area contributed by atoms with Gasteiger partial charge in [0.1, 0.15) is 18.3 Å². The highest BCUT2D eigenvalue weighted by Crippen LogP contribution is 2.45. The highest BCUT2D eigenvalue weighted by molar-refractivity contribution is 7.52. The topological polar surface area (TPSA) is 126 Å². The van der Waals surface area contributed by atoms with E-state index in [2.05, 4.69) is 0 Å². The molecule has 0 aromatic heterocycles. The van der Waals surface area contributed by atoms with Gasteiger partial charge in [0.2, 0.25) is 0 Å². The van der Waals surface area contributed by atoms with Gasteiger partial charge in [0, 0.05) is 13.2 Å². The van der Waals surface area contributed by atoms with E-state index in [4.69, 9.17) is 19.1 Å². The predicted octanol–water partition coefficient (Wildman–Crippen LogP) is -0.123. The third-order valence-electron chi connectivity index (χ3n) is 3.38. The van der Waals surface area contributed by atoms with Crippen LogP contribution in [0.5, 0.6) is 0 Å². The second-order valence-electron chi connectivity index (χ2n) is 5.35. The Bertz CT molecular complexity index is 353. The molecule has 0 aromatic rings. The largest absolute Gasteiger partial charge is 0.394 e. The smallest absolute Gasteiger partial charge is 0.330 e. The average Bonchev–Trinajstić information content (AvgIpc) is 2.73. The summed E-state index contributed by atoms with van der Waals surface area (Å²) < 4.78 is 27.3. The minimum atomic E-state index is -3.92. The highest BCUT2D eigenvalue weighted by atomic mass is 31.2. The minimum Gasteiger partial charge on any atom is -0.394 e. The summed E-state index contributed by atoms with van der Waals surface area (Å²) >= 11 is 0. The van der Waals surface area contributed by atoms with Gasteiger partial charge in [-0.3, -0.25) is 4.57 Å². The van der Waals surface area contributed by atoms with Gasteiger partial charge in [-0.05, 0) is 19.3 Å². The Hall–Kier alpha value is -0.0500. The first-order valence-electron chi connectivity index (χ1n) is 7.58. The van der Waals surface area contributed by atoms with Crippen LogP contribution in [0.25, 0.3) is 0 Å². The standard InChI is InChI=1S/C13H27O8P/c1-2-5-19-6-3-4-7-20-22(17,18)9-11-13(16)12(15)10(8-14)21-11/h10-16H,2-9H2,1H3,(H,17,18). The van der Waals surface area contributed by atoms with Crippen molar-refractivity contribution in [3.05, 3.63) is 0 Å². The van der Waals surface area contributed by atoms with Crippen LogP contribution in [-0.4, -0.2) is 77.2 Å². The molecule has 1 aliphatic rings. The Balaban J connectivity index is 2.25. The average molecular weight is 342 g/mol. The summed E-state index contributed by atoms with van der Waals surface area (Å²) in [5.41, 5.74) is 0. The van der Waals surface area contributed by atoms with Gasteiger partial charge in [0.25, 0.3) is 0 Å². The van der Waals surface area contributed by atoms with Crippen molar-refractivity contribution in [2.45, 2.75) is 50.6 Å². The summed E-state index contributed by atoms with van der Waals surface area (Å²) in [4.78, 5) is 9.75. The maximum absolute atomic E-state index is 11.9. The van der Waals surface area contributed by atoms with Gasteiger partial charge in [-0.25, -0.2) is 0 Å². The Labute approximate surface area is 130 Å². The fourth-order valence-corrected chi connectivity index (χ4v) is 3.44. The molecule has 5 atom stereocenters. The van der Waals surface area contributed by atoms with Gasteiger partial charge < -0.3 is 34.2 Å². The van der Waals surface area contributed by atoms with Crippen LogP contribution >= 0.6 is 7.60 Å². The van der Waals surface area contributed by atoms with Crippen molar-refractivity contribution in [3.8, 4) is 0 Å². The highest BCUT2D eigenvalue weighted by Gasteiger charge is 2.45. The molecule has 4 N–H and O–H groups in total. The van der Waals surface area contributed by atoms with Crippen molar-refractivity contribution in [2.75, 3.05) is 32.6 Å². The molecule has 0 aromatic carbocycles. The molecule has 9 heteroatoms. The molecule has 132 valence electrons. The Kier molecular flexibility index (Phi) is 9.04. The monoisotopic (exact) mass is 342 g/mol. The van der Waals surface area contributed by atoms with E-state index >= 15 is 0 Å². The minimum absolute atomic E-state index is 0.109. The van der Waals surface area contributed by atoms with Crippen LogP contribution in [0, 0.1) is 0 Å². The Morgan fingerprint density at radius 2 is 1.73 bits per heavy atom. The van der Waals surface area contributed by atoms with E-state index in [1.54, 1.807) is 0 Å². The number of hydrogen-bond donors (Lipinski definition) is 4. The Morgan fingerprint density at radius 1 is 1.09 bits per heavy atom. The molecule has 0 bridgehead atoms. The van der Waals surface area contributed by atoms with E-state index in [0.29, 0.717) is 19.6 Å². The molecule has 0 amide bonds.